The minimum Gasteiger partial charge on any atom is -0.388 e. The monoisotopic (exact) mass is 244 g/mol. The van der Waals surface area contributed by atoms with E-state index in [2.05, 4.69) is 0 Å². The van der Waals surface area contributed by atoms with Gasteiger partial charge in [-0.2, -0.15) is 0 Å². The average Bonchev–Trinajstić information content (AvgIpc) is 2.19. The molecular formula is C11H16O4S. The molecule has 0 spiro atoms. The molecule has 90 valence electrons. The fourth-order valence-electron chi connectivity index (χ4n) is 0.835. The number of rotatable bonds is 6. The van der Waals surface area contributed by atoms with Crippen molar-refractivity contribution in [3.63, 3.8) is 0 Å². The van der Waals surface area contributed by atoms with Crippen molar-refractivity contribution >= 4 is 12.3 Å². The maximum Gasteiger partial charge on any atom is 0.207 e. The Morgan fingerprint density at radius 3 is 2.44 bits per heavy atom. The van der Waals surface area contributed by atoms with Gasteiger partial charge in [-0.15, -0.1) is 0 Å². The summed E-state index contributed by atoms with van der Waals surface area (Å²) in [5.41, 5.74) is 0.276. The van der Waals surface area contributed by atoms with Gasteiger partial charge in [0.05, 0.1) is 12.2 Å². The van der Waals surface area contributed by atoms with Crippen LogP contribution in [0, 0.1) is 6.92 Å². The zero-order valence-corrected chi connectivity index (χ0v) is 10.4. The van der Waals surface area contributed by atoms with Gasteiger partial charge in [-0.05, 0) is 32.9 Å². The van der Waals surface area contributed by atoms with Crippen LogP contribution in [0.1, 0.15) is 19.4 Å². The molecule has 0 aliphatic heterocycles. The van der Waals surface area contributed by atoms with Gasteiger partial charge in [-0.1, -0.05) is 22.0 Å². The van der Waals surface area contributed by atoms with E-state index in [1.54, 1.807) is 26.0 Å². The van der Waals surface area contributed by atoms with Gasteiger partial charge in [-0.3, -0.25) is 4.18 Å². The van der Waals surface area contributed by atoms with Crippen molar-refractivity contribution in [2.75, 3.05) is 6.61 Å². The molecule has 0 aliphatic carbocycles. The van der Waals surface area contributed by atoms with Crippen LogP contribution in [-0.4, -0.2) is 17.3 Å². The Morgan fingerprint density at radius 2 is 1.88 bits per heavy atom. The highest BCUT2D eigenvalue weighted by Gasteiger charge is 2.13. The quantitative estimate of drug-likeness (QED) is 0.361. The first-order valence-corrected chi connectivity index (χ1v) is 5.56. The van der Waals surface area contributed by atoms with Crippen LogP contribution in [0.2, 0.25) is 0 Å². The van der Waals surface area contributed by atoms with E-state index in [1.807, 2.05) is 19.1 Å². The summed E-state index contributed by atoms with van der Waals surface area (Å²) in [7, 11) is 0. The Hall–Kier alpha value is -0.750. The van der Waals surface area contributed by atoms with Crippen molar-refractivity contribution in [1.82, 2.24) is 0 Å². The number of benzene rings is 1. The molecule has 0 heterocycles. The molecule has 0 unspecified atom stereocenters. The molecule has 1 N–H and O–H groups in total. The van der Waals surface area contributed by atoms with Gasteiger partial charge >= 0.3 is 0 Å². The molecule has 16 heavy (non-hydrogen) atoms. The second-order valence-corrected chi connectivity index (χ2v) is 4.61. The minimum absolute atomic E-state index is 0.162. The summed E-state index contributed by atoms with van der Waals surface area (Å²) in [6, 6.07) is 7.43. The van der Waals surface area contributed by atoms with Crippen LogP contribution in [0.15, 0.2) is 24.3 Å². The molecule has 0 bridgehead atoms. The largest absolute Gasteiger partial charge is 0.388 e. The number of hydrogen-bond donors (Lipinski definition) is 1. The summed E-state index contributed by atoms with van der Waals surface area (Å²) in [5.74, 6) is 0.602. The van der Waals surface area contributed by atoms with Crippen LogP contribution in [0.3, 0.4) is 0 Å². The molecule has 0 saturated carbocycles. The van der Waals surface area contributed by atoms with Gasteiger partial charge in [0.15, 0.2) is 5.75 Å². The van der Waals surface area contributed by atoms with Gasteiger partial charge in [-0.25, -0.2) is 0 Å². The van der Waals surface area contributed by atoms with Crippen molar-refractivity contribution in [3.8, 4) is 5.75 Å². The van der Waals surface area contributed by atoms with E-state index in [0.717, 1.165) is 5.56 Å². The number of aliphatic hydroxyl groups is 1. The second-order valence-electron chi connectivity index (χ2n) is 4.11. The van der Waals surface area contributed by atoms with E-state index in [-0.39, 0.29) is 6.61 Å². The van der Waals surface area contributed by atoms with Crippen molar-refractivity contribution in [1.29, 1.82) is 0 Å². The molecule has 4 nitrogen and oxygen atoms in total. The lowest BCUT2D eigenvalue weighted by molar-refractivity contribution is -0.0902. The Labute approximate surface area is 99.9 Å². The van der Waals surface area contributed by atoms with Crippen molar-refractivity contribution in [3.05, 3.63) is 29.8 Å². The summed E-state index contributed by atoms with van der Waals surface area (Å²) in [4.78, 5) is 4.93. The number of aryl methyl sites for hydroxylation is 1. The summed E-state index contributed by atoms with van der Waals surface area (Å²) < 4.78 is 9.70. The molecule has 0 saturated heterocycles. The highest BCUT2D eigenvalue weighted by molar-refractivity contribution is 7.89. The Morgan fingerprint density at radius 1 is 1.25 bits per heavy atom. The van der Waals surface area contributed by atoms with Gasteiger partial charge in [0.25, 0.3) is 0 Å². The van der Waals surface area contributed by atoms with Gasteiger partial charge in [0.2, 0.25) is 12.3 Å². The highest BCUT2D eigenvalue weighted by atomic mass is 32.2. The van der Waals surface area contributed by atoms with Crippen LogP contribution in [-0.2, 0) is 8.52 Å². The minimum atomic E-state index is -0.875. The van der Waals surface area contributed by atoms with E-state index in [9.17, 15) is 5.11 Å². The van der Waals surface area contributed by atoms with Crippen LogP contribution >= 0.6 is 12.3 Å². The Kier molecular flexibility index (Phi) is 5.08. The Balaban J connectivity index is 2.14. The predicted octanol–water partition coefficient (Wildman–Crippen LogP) is 2.66. The maximum absolute atomic E-state index is 9.33. The van der Waals surface area contributed by atoms with Crippen molar-refractivity contribution < 1.29 is 18.5 Å². The van der Waals surface area contributed by atoms with Crippen molar-refractivity contribution in [2.24, 2.45) is 0 Å². The third-order valence-electron chi connectivity index (χ3n) is 1.64. The van der Waals surface area contributed by atoms with E-state index in [0.29, 0.717) is 18.1 Å². The molecule has 0 aromatic heterocycles. The summed E-state index contributed by atoms with van der Waals surface area (Å²) in [6.45, 7) is 5.45. The molecule has 0 radical (unpaired) electrons. The maximum atomic E-state index is 9.33. The molecule has 0 aliphatic rings. The third kappa shape index (κ3) is 5.97. The van der Waals surface area contributed by atoms with Gasteiger partial charge < -0.3 is 9.99 Å². The smallest absolute Gasteiger partial charge is 0.207 e. The first-order valence-electron chi connectivity index (χ1n) is 4.89. The average molecular weight is 244 g/mol. The molecule has 1 aromatic rings. The van der Waals surface area contributed by atoms with E-state index in [1.165, 1.54) is 0 Å². The lowest BCUT2D eigenvalue weighted by atomic mass is 10.2. The van der Waals surface area contributed by atoms with Crippen molar-refractivity contribution in [2.45, 2.75) is 26.4 Å². The molecule has 1 rings (SSSR count). The van der Waals surface area contributed by atoms with Gasteiger partial charge in [0, 0.05) is 0 Å². The first kappa shape index (κ1) is 13.3. The molecule has 0 amide bonds. The molecule has 0 atom stereocenters. The molecular weight excluding hydrogens is 228 g/mol. The van der Waals surface area contributed by atoms with Crippen LogP contribution in [0.4, 0.5) is 0 Å². The van der Waals surface area contributed by atoms with Gasteiger partial charge in [0.1, 0.15) is 0 Å². The predicted molar refractivity (Wildman–Crippen MR) is 62.7 cm³/mol. The highest BCUT2D eigenvalue weighted by Crippen LogP contribution is 2.16. The topological polar surface area (TPSA) is 47.9 Å². The lowest BCUT2D eigenvalue weighted by Crippen LogP contribution is -2.24. The summed E-state index contributed by atoms with van der Waals surface area (Å²) in [5, 5.41) is 9.33. The van der Waals surface area contributed by atoms with E-state index >= 15 is 0 Å². The normalized spacial score (nSPS) is 11.5. The second kappa shape index (κ2) is 6.10. The zero-order valence-electron chi connectivity index (χ0n) is 9.60. The molecule has 1 aromatic carbocycles. The third-order valence-corrected chi connectivity index (χ3v) is 1.98. The van der Waals surface area contributed by atoms with Crippen LogP contribution in [0.25, 0.3) is 0 Å². The lowest BCUT2D eigenvalue weighted by Gasteiger charge is -2.14. The Bertz CT molecular complexity index is 305. The zero-order chi connectivity index (χ0) is 12.0. The van der Waals surface area contributed by atoms with E-state index in [4.69, 9.17) is 13.4 Å². The molecule has 5 heteroatoms. The standard InChI is InChI=1S/C11H16O4S/c1-9-4-6-10(7-5-9)14-15-16-13-8-11(2,3)12/h4-7,12H,8H2,1-3H3. The fourth-order valence-corrected chi connectivity index (χ4v) is 1.32. The SMILES string of the molecule is Cc1ccc(OOSOCC(C)(C)O)cc1. The van der Waals surface area contributed by atoms with Crippen LogP contribution < -0.4 is 4.89 Å². The van der Waals surface area contributed by atoms with E-state index < -0.39 is 5.60 Å². The van der Waals surface area contributed by atoms with Crippen LogP contribution in [0.5, 0.6) is 5.75 Å². The summed E-state index contributed by atoms with van der Waals surface area (Å²) in [6.07, 6.45) is 0. The fraction of sp³-hybridized carbons (Fsp3) is 0.455. The molecule has 0 fully saturated rings. The summed E-state index contributed by atoms with van der Waals surface area (Å²) >= 11 is 0.697. The first-order chi connectivity index (χ1) is 7.47. The number of hydrogen-bond acceptors (Lipinski definition) is 5.